The van der Waals surface area contributed by atoms with E-state index in [-0.39, 0.29) is 11.7 Å². The smallest absolute Gasteiger partial charge is 0.125 e. The number of hydrogen-bond donors (Lipinski definition) is 0. The molecule has 10 heavy (non-hydrogen) atoms. The lowest BCUT2D eigenvalue weighted by molar-refractivity contribution is 0.326. The molecule has 0 aromatic rings. The van der Waals surface area contributed by atoms with Crippen molar-refractivity contribution >= 4 is 0 Å². The summed E-state index contributed by atoms with van der Waals surface area (Å²) in [5, 5.41) is 0. The van der Waals surface area contributed by atoms with Crippen molar-refractivity contribution in [3.05, 3.63) is 23.6 Å². The zero-order valence-corrected chi connectivity index (χ0v) is 6.07. The van der Waals surface area contributed by atoms with Crippen molar-refractivity contribution in [2.45, 2.75) is 20.0 Å². The lowest BCUT2D eigenvalue weighted by atomic mass is 9.97. The van der Waals surface area contributed by atoms with E-state index in [4.69, 9.17) is 0 Å². The molecule has 0 spiro atoms. The fourth-order valence-corrected chi connectivity index (χ4v) is 0.924. The summed E-state index contributed by atoms with van der Waals surface area (Å²) < 4.78 is 25.3. The Hall–Kier alpha value is -0.660. The molecule has 0 aliphatic heterocycles. The molecule has 0 amide bonds. The van der Waals surface area contributed by atoms with E-state index in [1.807, 2.05) is 0 Å². The summed E-state index contributed by atoms with van der Waals surface area (Å²) in [7, 11) is 0. The quantitative estimate of drug-likeness (QED) is 0.490. The molecule has 0 aromatic carbocycles. The third-order valence-corrected chi connectivity index (χ3v) is 1.70. The molecule has 1 rings (SSSR count). The Labute approximate surface area is 59.2 Å². The maximum absolute atomic E-state index is 12.7. The normalized spacial score (nSPS) is 33.2. The molecule has 0 heterocycles. The first kappa shape index (κ1) is 7.45. The molecule has 1 aliphatic rings. The first-order valence-corrected chi connectivity index (χ1v) is 3.31. The van der Waals surface area contributed by atoms with Gasteiger partial charge in [0.2, 0.25) is 0 Å². The van der Waals surface area contributed by atoms with Gasteiger partial charge in [0.25, 0.3) is 0 Å². The van der Waals surface area contributed by atoms with Crippen LogP contribution in [0.2, 0.25) is 0 Å². The van der Waals surface area contributed by atoms with Crippen LogP contribution in [0.15, 0.2) is 23.6 Å². The number of rotatable bonds is 0. The average molecular weight is 144 g/mol. The first-order chi connectivity index (χ1) is 4.61. The summed E-state index contributed by atoms with van der Waals surface area (Å²) in [6, 6.07) is 0. The van der Waals surface area contributed by atoms with Crippen LogP contribution in [-0.4, -0.2) is 6.17 Å². The third-order valence-electron chi connectivity index (χ3n) is 1.70. The predicted octanol–water partition coefficient (Wildman–Crippen LogP) is 2.77. The molecule has 0 fully saturated rings. The third kappa shape index (κ3) is 1.25. The highest BCUT2D eigenvalue weighted by Gasteiger charge is 2.18. The van der Waals surface area contributed by atoms with E-state index in [1.54, 1.807) is 13.8 Å². The van der Waals surface area contributed by atoms with Gasteiger partial charge in [0.05, 0.1) is 0 Å². The van der Waals surface area contributed by atoms with Crippen LogP contribution in [0.25, 0.3) is 0 Å². The second kappa shape index (κ2) is 2.52. The van der Waals surface area contributed by atoms with Gasteiger partial charge in [-0.05, 0) is 24.6 Å². The van der Waals surface area contributed by atoms with Crippen LogP contribution in [0.3, 0.4) is 0 Å². The van der Waals surface area contributed by atoms with Gasteiger partial charge < -0.3 is 0 Å². The molecule has 56 valence electrons. The standard InChI is InChI=1S/C8H10F2/c1-5-3-8(10)6(2)4-7(5)9/h3-5,7H,1-2H3/t5-,7?/m1/s1. The maximum atomic E-state index is 12.7. The SMILES string of the molecule is CC1=CC(F)[C@H](C)C=C1F. The molecule has 0 aromatic heterocycles. The molecule has 0 saturated carbocycles. The molecule has 0 radical (unpaired) electrons. The van der Waals surface area contributed by atoms with E-state index >= 15 is 0 Å². The van der Waals surface area contributed by atoms with Crippen molar-refractivity contribution in [3.8, 4) is 0 Å². The van der Waals surface area contributed by atoms with Crippen LogP contribution in [-0.2, 0) is 0 Å². The van der Waals surface area contributed by atoms with Crippen molar-refractivity contribution in [1.82, 2.24) is 0 Å². The summed E-state index contributed by atoms with van der Waals surface area (Å²) in [6.07, 6.45) is 1.62. The fraction of sp³-hybridized carbons (Fsp3) is 0.500. The molecule has 1 aliphatic carbocycles. The minimum absolute atomic E-state index is 0.290. The Morgan fingerprint density at radius 1 is 1.40 bits per heavy atom. The van der Waals surface area contributed by atoms with Gasteiger partial charge in [-0.25, -0.2) is 8.78 Å². The van der Waals surface area contributed by atoms with Crippen LogP contribution in [0.5, 0.6) is 0 Å². The maximum Gasteiger partial charge on any atom is 0.125 e. The highest BCUT2D eigenvalue weighted by molar-refractivity contribution is 5.29. The Balaban J connectivity index is 2.83. The van der Waals surface area contributed by atoms with Gasteiger partial charge in [-0.15, -0.1) is 0 Å². The topological polar surface area (TPSA) is 0 Å². The molecule has 0 N–H and O–H groups in total. The van der Waals surface area contributed by atoms with Gasteiger partial charge >= 0.3 is 0 Å². The highest BCUT2D eigenvalue weighted by atomic mass is 19.1. The van der Waals surface area contributed by atoms with Crippen molar-refractivity contribution in [2.75, 3.05) is 0 Å². The Morgan fingerprint density at radius 2 is 2.00 bits per heavy atom. The van der Waals surface area contributed by atoms with Crippen molar-refractivity contribution in [2.24, 2.45) is 5.92 Å². The van der Waals surface area contributed by atoms with Crippen molar-refractivity contribution < 1.29 is 8.78 Å². The second-order valence-electron chi connectivity index (χ2n) is 2.67. The number of hydrogen-bond acceptors (Lipinski definition) is 0. The first-order valence-electron chi connectivity index (χ1n) is 3.31. The summed E-state index contributed by atoms with van der Waals surface area (Å²) in [4.78, 5) is 0. The van der Waals surface area contributed by atoms with Gasteiger partial charge in [-0.1, -0.05) is 6.92 Å². The molecular formula is C8H10F2. The number of halogens is 2. The van der Waals surface area contributed by atoms with Gasteiger partial charge in [0.15, 0.2) is 0 Å². The largest absolute Gasteiger partial charge is 0.242 e. The van der Waals surface area contributed by atoms with E-state index in [0.717, 1.165) is 0 Å². The minimum Gasteiger partial charge on any atom is -0.242 e. The van der Waals surface area contributed by atoms with E-state index in [2.05, 4.69) is 0 Å². The summed E-state index contributed by atoms with van der Waals surface area (Å²) >= 11 is 0. The van der Waals surface area contributed by atoms with Crippen molar-refractivity contribution in [3.63, 3.8) is 0 Å². The lowest BCUT2D eigenvalue weighted by Crippen LogP contribution is -2.12. The zero-order valence-electron chi connectivity index (χ0n) is 6.07. The van der Waals surface area contributed by atoms with Crippen LogP contribution < -0.4 is 0 Å². The molecule has 2 heteroatoms. The van der Waals surface area contributed by atoms with Crippen LogP contribution in [0.4, 0.5) is 8.78 Å². The van der Waals surface area contributed by atoms with Gasteiger partial charge in [0.1, 0.15) is 12.0 Å². The Morgan fingerprint density at radius 3 is 2.50 bits per heavy atom. The van der Waals surface area contributed by atoms with E-state index < -0.39 is 6.17 Å². The van der Waals surface area contributed by atoms with Gasteiger partial charge in [-0.3, -0.25) is 0 Å². The average Bonchev–Trinajstić information content (AvgIpc) is 1.84. The molecular weight excluding hydrogens is 134 g/mol. The summed E-state index contributed by atoms with van der Waals surface area (Å²) in [6.45, 7) is 3.23. The van der Waals surface area contributed by atoms with Gasteiger partial charge in [0, 0.05) is 5.92 Å². The lowest BCUT2D eigenvalue weighted by Gasteiger charge is -2.15. The zero-order chi connectivity index (χ0) is 7.72. The minimum atomic E-state index is -1.01. The van der Waals surface area contributed by atoms with E-state index in [0.29, 0.717) is 5.57 Å². The molecule has 1 unspecified atom stereocenters. The molecule has 0 bridgehead atoms. The summed E-state index contributed by atoms with van der Waals surface area (Å²) in [5.41, 5.74) is 0.408. The number of alkyl halides is 1. The van der Waals surface area contributed by atoms with E-state index in [9.17, 15) is 8.78 Å². The monoisotopic (exact) mass is 144 g/mol. The second-order valence-corrected chi connectivity index (χ2v) is 2.67. The Bertz CT molecular complexity index is 169. The molecule has 0 nitrogen and oxygen atoms in total. The Kier molecular flexibility index (Phi) is 1.88. The van der Waals surface area contributed by atoms with Crippen molar-refractivity contribution in [1.29, 1.82) is 0 Å². The van der Waals surface area contributed by atoms with E-state index in [1.165, 1.54) is 12.2 Å². The highest BCUT2D eigenvalue weighted by Crippen LogP contribution is 2.25. The summed E-state index contributed by atoms with van der Waals surface area (Å²) in [5.74, 6) is -0.606. The molecule has 2 atom stereocenters. The van der Waals surface area contributed by atoms with Crippen LogP contribution in [0, 0.1) is 5.92 Å². The fourth-order valence-electron chi connectivity index (χ4n) is 0.924. The predicted molar refractivity (Wildman–Crippen MR) is 37.0 cm³/mol. The molecule has 0 saturated heterocycles. The number of allylic oxidation sites excluding steroid dienone is 4. The van der Waals surface area contributed by atoms with Crippen LogP contribution in [0.1, 0.15) is 13.8 Å². The van der Waals surface area contributed by atoms with Crippen LogP contribution >= 0.6 is 0 Å². The van der Waals surface area contributed by atoms with Gasteiger partial charge in [-0.2, -0.15) is 0 Å².